The van der Waals surface area contributed by atoms with E-state index in [1.807, 2.05) is 56.9 Å². The van der Waals surface area contributed by atoms with Crippen LogP contribution in [0.1, 0.15) is 28.8 Å². The quantitative estimate of drug-likeness (QED) is 0.719. The summed E-state index contributed by atoms with van der Waals surface area (Å²) in [6.45, 7) is 2.35. The zero-order valence-electron chi connectivity index (χ0n) is 14.0. The van der Waals surface area contributed by atoms with E-state index < -0.39 is 0 Å². The third-order valence-electron chi connectivity index (χ3n) is 4.72. The maximum atomic E-state index is 12.9. The second kappa shape index (κ2) is 6.93. The molecule has 4 rings (SSSR count). The molecule has 25 heavy (non-hydrogen) atoms. The number of likely N-dealkylation sites (tertiary alicyclic amines) is 1. The lowest BCUT2D eigenvalue weighted by Crippen LogP contribution is -2.38. The Labute approximate surface area is 146 Å². The van der Waals surface area contributed by atoms with Gasteiger partial charge >= 0.3 is 0 Å². The molecule has 1 amide bonds. The largest absolute Gasteiger partial charge is 0.334 e. The first-order chi connectivity index (χ1) is 12.3. The van der Waals surface area contributed by atoms with Gasteiger partial charge in [-0.05, 0) is 36.6 Å². The average molecular weight is 335 g/mol. The average Bonchev–Trinajstić information content (AvgIpc) is 3.38. The van der Waals surface area contributed by atoms with Crippen molar-refractivity contribution in [3.05, 3.63) is 72.6 Å². The SMILES string of the molecule is O=C(c1ccc(Cn2ccnc2)cc1)N1CCCC1Cn1cccn1. The van der Waals surface area contributed by atoms with E-state index in [4.69, 9.17) is 0 Å². The van der Waals surface area contributed by atoms with Gasteiger partial charge in [0.25, 0.3) is 5.91 Å². The molecule has 1 atom stereocenters. The standard InChI is InChI=1S/C19H21N5O/c25-19(24-11-1-3-18(24)14-23-10-2-8-21-23)17-6-4-16(5-7-17)13-22-12-9-20-15-22/h2,4-10,12,15,18H,1,3,11,13-14H2. The van der Waals surface area contributed by atoms with Gasteiger partial charge in [0.15, 0.2) is 0 Å². The predicted molar refractivity (Wildman–Crippen MR) is 94.1 cm³/mol. The van der Waals surface area contributed by atoms with Gasteiger partial charge in [0.1, 0.15) is 0 Å². The van der Waals surface area contributed by atoms with E-state index >= 15 is 0 Å². The molecule has 0 radical (unpaired) electrons. The highest BCUT2D eigenvalue weighted by molar-refractivity contribution is 5.94. The summed E-state index contributed by atoms with van der Waals surface area (Å²) in [7, 11) is 0. The van der Waals surface area contributed by atoms with Crippen LogP contribution in [0.5, 0.6) is 0 Å². The summed E-state index contributed by atoms with van der Waals surface area (Å²) >= 11 is 0. The number of carbonyl (C=O) groups is 1. The molecule has 1 aromatic carbocycles. The minimum absolute atomic E-state index is 0.115. The molecule has 0 bridgehead atoms. The molecule has 1 aliphatic heterocycles. The van der Waals surface area contributed by atoms with Gasteiger partial charge in [-0.25, -0.2) is 4.98 Å². The van der Waals surface area contributed by atoms with E-state index in [-0.39, 0.29) is 11.9 Å². The van der Waals surface area contributed by atoms with Crippen LogP contribution in [0, 0.1) is 0 Å². The monoisotopic (exact) mass is 335 g/mol. The van der Waals surface area contributed by atoms with Gasteiger partial charge in [-0.15, -0.1) is 0 Å². The Morgan fingerprint density at radius 1 is 1.16 bits per heavy atom. The first-order valence-corrected chi connectivity index (χ1v) is 8.63. The molecule has 6 nitrogen and oxygen atoms in total. The zero-order chi connectivity index (χ0) is 17.1. The lowest BCUT2D eigenvalue weighted by Gasteiger charge is -2.25. The Hall–Kier alpha value is -2.89. The number of nitrogens with zero attached hydrogens (tertiary/aromatic N) is 5. The fourth-order valence-corrected chi connectivity index (χ4v) is 3.43. The second-order valence-corrected chi connectivity index (χ2v) is 6.45. The van der Waals surface area contributed by atoms with Crippen molar-refractivity contribution in [3.8, 4) is 0 Å². The third-order valence-corrected chi connectivity index (χ3v) is 4.72. The van der Waals surface area contributed by atoms with Gasteiger partial charge < -0.3 is 9.47 Å². The lowest BCUT2D eigenvalue weighted by atomic mass is 10.1. The summed E-state index contributed by atoms with van der Waals surface area (Å²) in [5.74, 6) is 0.115. The molecule has 6 heteroatoms. The molecule has 0 aliphatic carbocycles. The molecule has 3 aromatic rings. The van der Waals surface area contributed by atoms with Crippen molar-refractivity contribution in [3.63, 3.8) is 0 Å². The van der Waals surface area contributed by atoms with Crippen molar-refractivity contribution in [2.24, 2.45) is 0 Å². The number of amides is 1. The second-order valence-electron chi connectivity index (χ2n) is 6.45. The van der Waals surface area contributed by atoms with Crippen molar-refractivity contribution in [2.75, 3.05) is 6.54 Å². The van der Waals surface area contributed by atoms with Crippen molar-refractivity contribution < 1.29 is 4.79 Å². The van der Waals surface area contributed by atoms with Crippen LogP contribution in [0.2, 0.25) is 0 Å². The van der Waals surface area contributed by atoms with E-state index in [2.05, 4.69) is 10.1 Å². The van der Waals surface area contributed by atoms with Crippen LogP contribution in [-0.4, -0.2) is 42.7 Å². The smallest absolute Gasteiger partial charge is 0.254 e. The summed E-state index contributed by atoms with van der Waals surface area (Å²) in [4.78, 5) is 18.9. The molecule has 0 spiro atoms. The van der Waals surface area contributed by atoms with Crippen LogP contribution in [0.15, 0.2) is 61.4 Å². The maximum Gasteiger partial charge on any atom is 0.254 e. The van der Waals surface area contributed by atoms with Gasteiger partial charge in [-0.3, -0.25) is 9.48 Å². The Balaban J connectivity index is 1.44. The molecule has 1 saturated heterocycles. The zero-order valence-corrected chi connectivity index (χ0v) is 14.0. The summed E-state index contributed by atoms with van der Waals surface area (Å²) in [6, 6.07) is 10.0. The van der Waals surface area contributed by atoms with E-state index in [1.165, 1.54) is 0 Å². The van der Waals surface area contributed by atoms with Crippen LogP contribution >= 0.6 is 0 Å². The number of carbonyl (C=O) groups excluding carboxylic acids is 1. The van der Waals surface area contributed by atoms with E-state index in [1.54, 1.807) is 18.7 Å². The predicted octanol–water partition coefficient (Wildman–Crippen LogP) is 2.43. The number of rotatable bonds is 5. The molecular formula is C19H21N5O. The van der Waals surface area contributed by atoms with Crippen molar-refractivity contribution in [1.82, 2.24) is 24.2 Å². The first-order valence-electron chi connectivity index (χ1n) is 8.63. The highest BCUT2D eigenvalue weighted by Gasteiger charge is 2.29. The van der Waals surface area contributed by atoms with Crippen LogP contribution in [-0.2, 0) is 13.1 Å². The number of benzene rings is 1. The Bertz CT molecular complexity index is 808. The van der Waals surface area contributed by atoms with Gasteiger partial charge in [-0.2, -0.15) is 5.10 Å². The highest BCUT2D eigenvalue weighted by atomic mass is 16.2. The number of hydrogen-bond donors (Lipinski definition) is 0. The van der Waals surface area contributed by atoms with Crippen molar-refractivity contribution in [1.29, 1.82) is 0 Å². The molecular weight excluding hydrogens is 314 g/mol. The van der Waals surface area contributed by atoms with E-state index in [9.17, 15) is 4.79 Å². The summed E-state index contributed by atoms with van der Waals surface area (Å²) < 4.78 is 3.92. The lowest BCUT2D eigenvalue weighted by molar-refractivity contribution is 0.0721. The van der Waals surface area contributed by atoms with Crippen LogP contribution < -0.4 is 0 Å². The van der Waals surface area contributed by atoms with Gasteiger partial charge in [-0.1, -0.05) is 12.1 Å². The summed E-state index contributed by atoms with van der Waals surface area (Å²) in [6.07, 6.45) is 11.3. The third kappa shape index (κ3) is 3.47. The highest BCUT2D eigenvalue weighted by Crippen LogP contribution is 2.21. The van der Waals surface area contributed by atoms with Gasteiger partial charge in [0, 0.05) is 43.4 Å². The molecule has 0 N–H and O–H groups in total. The summed E-state index contributed by atoms with van der Waals surface area (Å²) in [5, 5.41) is 4.26. The van der Waals surface area contributed by atoms with Crippen LogP contribution in [0.3, 0.4) is 0 Å². The fourth-order valence-electron chi connectivity index (χ4n) is 3.43. The van der Waals surface area contributed by atoms with Crippen LogP contribution in [0.4, 0.5) is 0 Å². The molecule has 2 aromatic heterocycles. The number of aromatic nitrogens is 4. The maximum absolute atomic E-state index is 12.9. The first kappa shape index (κ1) is 15.6. The molecule has 1 fully saturated rings. The minimum Gasteiger partial charge on any atom is -0.334 e. The molecule has 0 saturated carbocycles. The normalized spacial score (nSPS) is 17.1. The van der Waals surface area contributed by atoms with Crippen LogP contribution in [0.25, 0.3) is 0 Å². The Kier molecular flexibility index (Phi) is 4.33. The summed E-state index contributed by atoms with van der Waals surface area (Å²) in [5.41, 5.74) is 1.91. The molecule has 128 valence electrons. The van der Waals surface area contributed by atoms with E-state index in [0.29, 0.717) is 0 Å². The Morgan fingerprint density at radius 3 is 2.76 bits per heavy atom. The van der Waals surface area contributed by atoms with E-state index in [0.717, 1.165) is 43.6 Å². The fraction of sp³-hybridized carbons (Fsp3) is 0.316. The number of imidazole rings is 1. The minimum atomic E-state index is 0.115. The molecule has 1 aliphatic rings. The topological polar surface area (TPSA) is 56.0 Å². The van der Waals surface area contributed by atoms with Gasteiger partial charge in [0.05, 0.1) is 18.9 Å². The van der Waals surface area contributed by atoms with Crippen molar-refractivity contribution in [2.45, 2.75) is 32.0 Å². The van der Waals surface area contributed by atoms with Crippen molar-refractivity contribution >= 4 is 5.91 Å². The molecule has 1 unspecified atom stereocenters. The molecule has 3 heterocycles. The van der Waals surface area contributed by atoms with Gasteiger partial charge in [0.2, 0.25) is 0 Å². The Morgan fingerprint density at radius 2 is 2.04 bits per heavy atom. The number of hydrogen-bond acceptors (Lipinski definition) is 3.